The van der Waals surface area contributed by atoms with Gasteiger partial charge in [0, 0.05) is 23.0 Å². The van der Waals surface area contributed by atoms with E-state index in [-0.39, 0.29) is 12.3 Å². The minimum atomic E-state index is -0.425. The molecule has 0 spiro atoms. The smallest absolute Gasteiger partial charge is 0.271 e. The third-order valence-corrected chi connectivity index (χ3v) is 4.24. The van der Waals surface area contributed by atoms with Crippen LogP contribution >= 0.6 is 0 Å². The Morgan fingerprint density at radius 2 is 1.59 bits per heavy atom. The molecule has 29 heavy (non-hydrogen) atoms. The molecule has 0 fully saturated rings. The molecule has 7 heteroatoms. The molecule has 7 nitrogen and oxygen atoms in total. The van der Waals surface area contributed by atoms with E-state index >= 15 is 0 Å². The van der Waals surface area contributed by atoms with E-state index < -0.39 is 5.91 Å². The van der Waals surface area contributed by atoms with Crippen molar-refractivity contribution in [3.8, 4) is 11.5 Å². The van der Waals surface area contributed by atoms with Crippen molar-refractivity contribution in [2.45, 2.75) is 33.1 Å². The highest BCUT2D eigenvalue weighted by atomic mass is 16.5. The summed E-state index contributed by atoms with van der Waals surface area (Å²) in [5.41, 5.74) is 5.19. The van der Waals surface area contributed by atoms with Gasteiger partial charge in [0.2, 0.25) is 5.91 Å². The lowest BCUT2D eigenvalue weighted by molar-refractivity contribution is -0.115. The first-order chi connectivity index (χ1) is 13.8. The van der Waals surface area contributed by atoms with E-state index in [1.165, 1.54) is 19.8 Å². The van der Waals surface area contributed by atoms with Crippen molar-refractivity contribution >= 4 is 23.2 Å². The normalized spacial score (nSPS) is 11.2. The maximum atomic E-state index is 12.3. The summed E-state index contributed by atoms with van der Waals surface area (Å²) in [6, 6.07) is 12.6. The first kappa shape index (κ1) is 21.9. The number of carbonyl (C=O) groups is 2. The third kappa shape index (κ3) is 6.64. The first-order valence-corrected chi connectivity index (χ1v) is 9.28. The number of ether oxygens (including phenoxy) is 2. The van der Waals surface area contributed by atoms with Crippen molar-refractivity contribution < 1.29 is 19.1 Å². The predicted octanol–water partition coefficient (Wildman–Crippen LogP) is 3.96. The summed E-state index contributed by atoms with van der Waals surface area (Å²) in [6.45, 7) is 5.90. The maximum Gasteiger partial charge on any atom is 0.271 e. The molecule has 0 aromatic heterocycles. The van der Waals surface area contributed by atoms with E-state index in [1.807, 2.05) is 24.3 Å². The minimum absolute atomic E-state index is 0.0631. The zero-order chi connectivity index (χ0) is 21.4. The van der Waals surface area contributed by atoms with Crippen LogP contribution in [0.15, 0.2) is 47.6 Å². The number of rotatable bonds is 8. The van der Waals surface area contributed by atoms with Crippen LogP contribution in [-0.2, 0) is 4.79 Å². The standard InChI is InChI=1S/C22H27N3O4/c1-14(2)16-6-8-18(9-7-16)23-21(26)10-15(3)24-25-22(27)17-11-19(28-4)13-20(12-17)29-5/h6-9,11-14H,10H2,1-5H3,(H,23,26)(H,25,27). The number of carbonyl (C=O) groups excluding carboxylic acids is 2. The number of hydrogen-bond acceptors (Lipinski definition) is 5. The summed E-state index contributed by atoms with van der Waals surface area (Å²) in [7, 11) is 3.02. The van der Waals surface area contributed by atoms with Crippen LogP contribution in [0.5, 0.6) is 11.5 Å². The molecule has 0 radical (unpaired) electrons. The number of anilines is 1. The van der Waals surface area contributed by atoms with E-state index in [2.05, 4.69) is 29.7 Å². The Hall–Kier alpha value is -3.35. The third-order valence-electron chi connectivity index (χ3n) is 4.24. The van der Waals surface area contributed by atoms with Gasteiger partial charge in [-0.25, -0.2) is 5.43 Å². The monoisotopic (exact) mass is 397 g/mol. The fourth-order valence-electron chi connectivity index (χ4n) is 2.58. The largest absolute Gasteiger partial charge is 0.497 e. The van der Waals surface area contributed by atoms with Crippen LogP contribution in [0.1, 0.15) is 49.0 Å². The zero-order valence-electron chi connectivity index (χ0n) is 17.4. The number of benzene rings is 2. The Labute approximate surface area is 171 Å². The molecule has 0 heterocycles. The van der Waals surface area contributed by atoms with Gasteiger partial charge in [0.25, 0.3) is 5.91 Å². The highest BCUT2D eigenvalue weighted by Gasteiger charge is 2.10. The SMILES string of the molecule is COc1cc(OC)cc(C(=O)NN=C(C)CC(=O)Nc2ccc(C(C)C)cc2)c1. The van der Waals surface area contributed by atoms with E-state index in [0.717, 1.165) is 5.69 Å². The lowest BCUT2D eigenvalue weighted by Gasteiger charge is -2.09. The van der Waals surface area contributed by atoms with Crippen molar-refractivity contribution in [3.63, 3.8) is 0 Å². The molecule has 0 saturated carbocycles. The molecule has 0 saturated heterocycles. The second kappa shape index (κ2) is 10.3. The fourth-order valence-corrected chi connectivity index (χ4v) is 2.58. The second-order valence-electron chi connectivity index (χ2n) is 6.89. The number of nitrogens with one attached hydrogen (secondary N) is 2. The van der Waals surface area contributed by atoms with Crippen LogP contribution in [0.25, 0.3) is 0 Å². The van der Waals surface area contributed by atoms with Gasteiger partial charge in [-0.1, -0.05) is 26.0 Å². The average Bonchev–Trinajstić information content (AvgIpc) is 2.71. The molecular formula is C22H27N3O4. The molecule has 2 rings (SSSR count). The van der Waals surface area contributed by atoms with Crippen LogP contribution in [-0.4, -0.2) is 31.7 Å². The summed E-state index contributed by atoms with van der Waals surface area (Å²) >= 11 is 0. The molecule has 154 valence electrons. The summed E-state index contributed by atoms with van der Waals surface area (Å²) in [4.78, 5) is 24.5. The molecule has 0 unspecified atom stereocenters. The Morgan fingerprint density at radius 3 is 2.10 bits per heavy atom. The Morgan fingerprint density at radius 1 is 1.00 bits per heavy atom. The summed E-state index contributed by atoms with van der Waals surface area (Å²) in [5.74, 6) is 0.797. The van der Waals surface area contributed by atoms with Gasteiger partial charge in [-0.15, -0.1) is 0 Å². The number of amides is 2. The van der Waals surface area contributed by atoms with E-state index in [9.17, 15) is 9.59 Å². The van der Waals surface area contributed by atoms with Gasteiger partial charge < -0.3 is 14.8 Å². The summed E-state index contributed by atoms with van der Waals surface area (Å²) in [6.07, 6.45) is 0.0631. The Bertz CT molecular complexity index is 867. The molecule has 0 aliphatic carbocycles. The highest BCUT2D eigenvalue weighted by molar-refractivity contribution is 6.06. The first-order valence-electron chi connectivity index (χ1n) is 9.28. The quantitative estimate of drug-likeness (QED) is 0.521. The summed E-state index contributed by atoms with van der Waals surface area (Å²) < 4.78 is 10.3. The number of hydrazone groups is 1. The fraction of sp³-hybridized carbons (Fsp3) is 0.318. The van der Waals surface area contributed by atoms with Crippen molar-refractivity contribution in [2.24, 2.45) is 5.10 Å². The second-order valence-corrected chi connectivity index (χ2v) is 6.89. The molecule has 0 atom stereocenters. The van der Waals surface area contributed by atoms with Crippen molar-refractivity contribution in [1.82, 2.24) is 5.43 Å². The number of methoxy groups -OCH3 is 2. The van der Waals surface area contributed by atoms with Crippen LogP contribution in [0.2, 0.25) is 0 Å². The molecule has 2 N–H and O–H groups in total. The van der Waals surface area contributed by atoms with Crippen molar-refractivity contribution in [1.29, 1.82) is 0 Å². The molecule has 0 bridgehead atoms. The van der Waals surface area contributed by atoms with Crippen LogP contribution < -0.4 is 20.2 Å². The van der Waals surface area contributed by atoms with Gasteiger partial charge >= 0.3 is 0 Å². The van der Waals surface area contributed by atoms with Crippen molar-refractivity contribution in [3.05, 3.63) is 53.6 Å². The molecule has 2 amide bonds. The topological polar surface area (TPSA) is 89.0 Å². The lowest BCUT2D eigenvalue weighted by atomic mass is 10.0. The Kier molecular flexibility index (Phi) is 7.77. The predicted molar refractivity (Wildman–Crippen MR) is 114 cm³/mol. The van der Waals surface area contributed by atoms with Gasteiger partial charge in [0.1, 0.15) is 11.5 Å². The van der Waals surface area contributed by atoms with E-state index in [4.69, 9.17) is 9.47 Å². The molecule has 0 aliphatic heterocycles. The van der Waals surface area contributed by atoms with Crippen LogP contribution in [0.3, 0.4) is 0 Å². The lowest BCUT2D eigenvalue weighted by Crippen LogP contribution is -2.21. The highest BCUT2D eigenvalue weighted by Crippen LogP contribution is 2.22. The van der Waals surface area contributed by atoms with E-state index in [1.54, 1.807) is 25.1 Å². The zero-order valence-corrected chi connectivity index (χ0v) is 17.4. The summed E-state index contributed by atoms with van der Waals surface area (Å²) in [5, 5.41) is 6.83. The van der Waals surface area contributed by atoms with Crippen LogP contribution in [0, 0.1) is 0 Å². The molecule has 2 aromatic carbocycles. The molecule has 0 aliphatic rings. The minimum Gasteiger partial charge on any atom is -0.497 e. The van der Waals surface area contributed by atoms with Gasteiger partial charge in [0.15, 0.2) is 0 Å². The van der Waals surface area contributed by atoms with Crippen LogP contribution in [0.4, 0.5) is 5.69 Å². The van der Waals surface area contributed by atoms with Gasteiger partial charge in [-0.2, -0.15) is 5.10 Å². The van der Waals surface area contributed by atoms with Gasteiger partial charge in [-0.3, -0.25) is 9.59 Å². The van der Waals surface area contributed by atoms with Gasteiger partial charge in [0.05, 0.1) is 20.6 Å². The number of nitrogens with zero attached hydrogens (tertiary/aromatic N) is 1. The molecule has 2 aromatic rings. The van der Waals surface area contributed by atoms with E-state index in [0.29, 0.717) is 28.7 Å². The van der Waals surface area contributed by atoms with Crippen molar-refractivity contribution in [2.75, 3.05) is 19.5 Å². The van der Waals surface area contributed by atoms with Gasteiger partial charge in [-0.05, 0) is 42.7 Å². The maximum absolute atomic E-state index is 12.3. The number of hydrogen-bond donors (Lipinski definition) is 2. The Balaban J connectivity index is 1.93. The average molecular weight is 397 g/mol. The molecular weight excluding hydrogens is 370 g/mol.